The Morgan fingerprint density at radius 2 is 1.68 bits per heavy atom. The van der Waals surface area contributed by atoms with Crippen LogP contribution in [0.3, 0.4) is 0 Å². The number of imidazole rings is 1. The number of hydrogen-bond donors (Lipinski definition) is 0. The Labute approximate surface area is 207 Å². The molecule has 1 fully saturated rings. The first kappa shape index (κ1) is 21.2. The van der Waals surface area contributed by atoms with Crippen molar-refractivity contribution in [1.29, 1.82) is 0 Å². The minimum absolute atomic E-state index is 0.0124. The molecule has 6 rings (SSSR count). The van der Waals surface area contributed by atoms with Crippen LogP contribution in [0, 0.1) is 0 Å². The summed E-state index contributed by atoms with van der Waals surface area (Å²) in [5, 5.41) is 3.28. The summed E-state index contributed by atoms with van der Waals surface area (Å²) in [6.45, 7) is 1.20. The van der Waals surface area contributed by atoms with Crippen molar-refractivity contribution in [3.8, 4) is 0 Å². The second kappa shape index (κ2) is 8.46. The maximum atomic E-state index is 13.2. The standard InChI is InChI=1S/C28H21Cl2N3O/c29-22-13-12-18(14-23(22)30)16-33-26-10-4-3-9-24(26)31-28(33)20-15-27(34)32(17-20)25-11-5-7-19-6-1-2-8-21(19)25/h1-14,20H,15-17H2. The lowest BCUT2D eigenvalue weighted by Gasteiger charge is -2.19. The first-order chi connectivity index (χ1) is 16.6. The number of fused-ring (bicyclic) bond motifs is 2. The Kier molecular flexibility index (Phi) is 5.28. The van der Waals surface area contributed by atoms with Gasteiger partial charge in [-0.2, -0.15) is 0 Å². The van der Waals surface area contributed by atoms with Gasteiger partial charge in [-0.1, -0.05) is 77.8 Å². The van der Waals surface area contributed by atoms with Crippen molar-refractivity contribution in [2.45, 2.75) is 18.9 Å². The predicted molar refractivity (Wildman–Crippen MR) is 139 cm³/mol. The molecule has 5 aromatic rings. The summed E-state index contributed by atoms with van der Waals surface area (Å²) in [6.07, 6.45) is 0.425. The van der Waals surface area contributed by atoms with E-state index in [-0.39, 0.29) is 11.8 Å². The topological polar surface area (TPSA) is 38.1 Å². The van der Waals surface area contributed by atoms with Crippen LogP contribution in [0.15, 0.2) is 84.9 Å². The molecular formula is C28H21Cl2N3O. The molecule has 0 saturated carbocycles. The minimum atomic E-state index is -0.0124. The molecule has 2 heterocycles. The molecule has 1 saturated heterocycles. The summed E-state index contributed by atoms with van der Waals surface area (Å²) in [5.41, 5.74) is 3.96. The predicted octanol–water partition coefficient (Wildman–Crippen LogP) is 7.07. The Morgan fingerprint density at radius 3 is 2.56 bits per heavy atom. The highest BCUT2D eigenvalue weighted by atomic mass is 35.5. The smallest absolute Gasteiger partial charge is 0.227 e. The van der Waals surface area contributed by atoms with E-state index in [4.69, 9.17) is 28.2 Å². The first-order valence-corrected chi connectivity index (χ1v) is 12.0. The van der Waals surface area contributed by atoms with Crippen LogP contribution in [0.25, 0.3) is 21.8 Å². The molecule has 1 unspecified atom stereocenters. The molecule has 1 atom stereocenters. The monoisotopic (exact) mass is 485 g/mol. The van der Waals surface area contributed by atoms with Gasteiger partial charge in [0.2, 0.25) is 5.91 Å². The van der Waals surface area contributed by atoms with E-state index in [1.165, 1.54) is 0 Å². The molecule has 0 aliphatic carbocycles. The van der Waals surface area contributed by atoms with E-state index >= 15 is 0 Å². The first-order valence-electron chi connectivity index (χ1n) is 11.3. The third-order valence-electron chi connectivity index (χ3n) is 6.56. The van der Waals surface area contributed by atoms with Gasteiger partial charge in [0.25, 0.3) is 0 Å². The number of carbonyl (C=O) groups excluding carboxylic acids is 1. The Balaban J connectivity index is 1.40. The zero-order valence-corrected chi connectivity index (χ0v) is 19.8. The van der Waals surface area contributed by atoms with Crippen LogP contribution in [0.2, 0.25) is 10.0 Å². The quantitative estimate of drug-likeness (QED) is 0.273. The fourth-order valence-corrected chi connectivity index (χ4v) is 5.27. The van der Waals surface area contributed by atoms with Gasteiger partial charge in [0, 0.05) is 30.8 Å². The highest BCUT2D eigenvalue weighted by Gasteiger charge is 2.35. The van der Waals surface area contributed by atoms with Crippen LogP contribution < -0.4 is 4.90 Å². The normalized spacial score (nSPS) is 16.1. The third kappa shape index (κ3) is 3.64. The highest BCUT2D eigenvalue weighted by molar-refractivity contribution is 6.42. The summed E-state index contributed by atoms with van der Waals surface area (Å²) < 4.78 is 2.21. The maximum absolute atomic E-state index is 13.2. The molecule has 0 radical (unpaired) electrons. The van der Waals surface area contributed by atoms with E-state index in [9.17, 15) is 4.79 Å². The lowest BCUT2D eigenvalue weighted by atomic mass is 10.1. The van der Waals surface area contributed by atoms with Gasteiger partial charge in [-0.25, -0.2) is 4.98 Å². The number of rotatable bonds is 4. The van der Waals surface area contributed by atoms with Crippen molar-refractivity contribution in [3.63, 3.8) is 0 Å². The van der Waals surface area contributed by atoms with Gasteiger partial charge in [0.15, 0.2) is 0 Å². The van der Waals surface area contributed by atoms with Crippen molar-refractivity contribution in [3.05, 3.63) is 106 Å². The summed E-state index contributed by atoms with van der Waals surface area (Å²) in [6, 6.07) is 28.1. The van der Waals surface area contributed by atoms with E-state index in [0.29, 0.717) is 29.6 Å². The SMILES string of the molecule is O=C1CC(c2nc3ccccc3n2Cc2ccc(Cl)c(Cl)c2)CN1c1cccc2ccccc12. The van der Waals surface area contributed by atoms with E-state index in [0.717, 1.165) is 38.9 Å². The zero-order valence-electron chi connectivity index (χ0n) is 18.3. The molecule has 168 valence electrons. The average Bonchev–Trinajstić information content (AvgIpc) is 3.41. The van der Waals surface area contributed by atoms with E-state index < -0.39 is 0 Å². The molecule has 1 aliphatic heterocycles. The van der Waals surface area contributed by atoms with Crippen molar-refractivity contribution in [2.24, 2.45) is 0 Å². The number of anilines is 1. The lowest BCUT2D eigenvalue weighted by Crippen LogP contribution is -2.24. The number of halogens is 2. The summed E-state index contributed by atoms with van der Waals surface area (Å²) in [4.78, 5) is 20.1. The van der Waals surface area contributed by atoms with Crippen LogP contribution in [0.1, 0.15) is 23.7 Å². The molecule has 0 spiro atoms. The number of carbonyl (C=O) groups is 1. The number of aromatic nitrogens is 2. The van der Waals surface area contributed by atoms with Gasteiger partial charge < -0.3 is 9.47 Å². The molecule has 34 heavy (non-hydrogen) atoms. The van der Waals surface area contributed by atoms with Gasteiger partial charge in [-0.15, -0.1) is 0 Å². The van der Waals surface area contributed by atoms with Gasteiger partial charge in [-0.3, -0.25) is 4.79 Å². The largest absolute Gasteiger partial charge is 0.323 e. The Hall–Kier alpha value is -3.34. The van der Waals surface area contributed by atoms with Gasteiger partial charge >= 0.3 is 0 Å². The number of nitrogens with zero attached hydrogens (tertiary/aromatic N) is 3. The van der Waals surface area contributed by atoms with Crippen molar-refractivity contribution in [1.82, 2.24) is 9.55 Å². The maximum Gasteiger partial charge on any atom is 0.227 e. The minimum Gasteiger partial charge on any atom is -0.323 e. The van der Waals surface area contributed by atoms with E-state index in [1.807, 2.05) is 65.6 Å². The fraction of sp³-hybridized carbons (Fsp3) is 0.143. The van der Waals surface area contributed by atoms with Crippen LogP contribution in [-0.2, 0) is 11.3 Å². The lowest BCUT2D eigenvalue weighted by molar-refractivity contribution is -0.117. The number of benzene rings is 4. The van der Waals surface area contributed by atoms with E-state index in [1.54, 1.807) is 0 Å². The molecule has 0 bridgehead atoms. The second-order valence-electron chi connectivity index (χ2n) is 8.70. The summed E-state index contributed by atoms with van der Waals surface area (Å²) in [5.74, 6) is 1.03. The van der Waals surface area contributed by atoms with Gasteiger partial charge in [-0.05, 0) is 41.3 Å². The molecular weight excluding hydrogens is 465 g/mol. The van der Waals surface area contributed by atoms with Gasteiger partial charge in [0.1, 0.15) is 5.82 Å². The molecule has 6 heteroatoms. The Bertz CT molecular complexity index is 1550. The van der Waals surface area contributed by atoms with Crippen LogP contribution >= 0.6 is 23.2 Å². The molecule has 4 nitrogen and oxygen atoms in total. The second-order valence-corrected chi connectivity index (χ2v) is 9.51. The Morgan fingerprint density at radius 1 is 0.882 bits per heavy atom. The zero-order chi connectivity index (χ0) is 23.2. The fourth-order valence-electron chi connectivity index (χ4n) is 4.95. The summed E-state index contributed by atoms with van der Waals surface area (Å²) in [7, 11) is 0. The molecule has 0 N–H and O–H groups in total. The number of amides is 1. The number of para-hydroxylation sites is 2. The van der Waals surface area contributed by atoms with Crippen LogP contribution in [-0.4, -0.2) is 22.0 Å². The van der Waals surface area contributed by atoms with Crippen molar-refractivity contribution < 1.29 is 4.79 Å². The number of hydrogen-bond acceptors (Lipinski definition) is 2. The summed E-state index contributed by atoms with van der Waals surface area (Å²) >= 11 is 12.4. The third-order valence-corrected chi connectivity index (χ3v) is 7.30. The van der Waals surface area contributed by atoms with Crippen molar-refractivity contribution in [2.75, 3.05) is 11.4 Å². The van der Waals surface area contributed by atoms with Gasteiger partial charge in [0.05, 0.1) is 26.8 Å². The molecule has 1 amide bonds. The molecule has 1 aromatic heterocycles. The molecule has 4 aromatic carbocycles. The highest BCUT2D eigenvalue weighted by Crippen LogP contribution is 2.36. The van der Waals surface area contributed by atoms with E-state index in [2.05, 4.69) is 28.8 Å². The van der Waals surface area contributed by atoms with Crippen LogP contribution in [0.5, 0.6) is 0 Å². The molecule has 1 aliphatic rings. The average molecular weight is 486 g/mol. The van der Waals surface area contributed by atoms with Crippen LogP contribution in [0.4, 0.5) is 5.69 Å². The van der Waals surface area contributed by atoms with Crippen molar-refractivity contribution >= 4 is 56.6 Å².